The number of nitrogens with zero attached hydrogens (tertiary/aromatic N) is 2. The molecule has 2 aromatic rings. The number of pyridine rings is 1. The summed E-state index contributed by atoms with van der Waals surface area (Å²) in [6.07, 6.45) is -1.98. The molecule has 0 saturated carbocycles. The Morgan fingerprint density at radius 2 is 1.95 bits per heavy atom. The van der Waals surface area contributed by atoms with Crippen LogP contribution in [0.25, 0.3) is 11.1 Å². The van der Waals surface area contributed by atoms with E-state index in [4.69, 9.17) is 0 Å². The molecule has 0 fully saturated rings. The Bertz CT molecular complexity index is 748. The maximum Gasteiger partial charge on any atom is 0.280 e. The highest BCUT2D eigenvalue weighted by Gasteiger charge is 2.19. The zero-order valence-corrected chi connectivity index (χ0v) is 10.6. The molecule has 1 aromatic carbocycles. The summed E-state index contributed by atoms with van der Waals surface area (Å²) in [7, 11) is 0. The lowest BCUT2D eigenvalue weighted by atomic mass is 9.99. The van der Waals surface area contributed by atoms with E-state index in [-0.39, 0.29) is 5.56 Å². The van der Waals surface area contributed by atoms with Crippen molar-refractivity contribution in [3.05, 3.63) is 57.7 Å². The summed E-state index contributed by atoms with van der Waals surface area (Å²) in [6.45, 7) is 0. The van der Waals surface area contributed by atoms with Crippen molar-refractivity contribution in [2.24, 2.45) is 0 Å². The Morgan fingerprint density at radius 1 is 1.27 bits per heavy atom. The molecule has 9 heteroatoms. The zero-order chi connectivity index (χ0) is 16.4. The first-order chi connectivity index (χ1) is 10.3. The number of carbonyl (C=O) groups excluding carboxylic acids is 1. The smallest absolute Gasteiger partial charge is 0.280 e. The van der Waals surface area contributed by atoms with Gasteiger partial charge in [-0.2, -0.15) is 0 Å². The Morgan fingerprint density at radius 3 is 2.41 bits per heavy atom. The Kier molecular flexibility index (Phi) is 4.06. The zero-order valence-electron chi connectivity index (χ0n) is 10.6. The van der Waals surface area contributed by atoms with Crippen LogP contribution in [0.4, 0.5) is 18.9 Å². The molecule has 114 valence electrons. The molecule has 22 heavy (non-hydrogen) atoms. The number of alkyl halides is 2. The molecule has 0 atom stereocenters. The monoisotopic (exact) mass is 311 g/mol. The number of halogens is 3. The number of carboxylic acid groups (broad SMARTS) is 1. The highest BCUT2D eigenvalue weighted by Crippen LogP contribution is 2.31. The van der Waals surface area contributed by atoms with Crippen LogP contribution >= 0.6 is 0 Å². The molecule has 1 heterocycles. The fourth-order valence-electron chi connectivity index (χ4n) is 1.83. The highest BCUT2D eigenvalue weighted by molar-refractivity contribution is 5.95. The largest absolute Gasteiger partial charge is 0.545 e. The van der Waals surface area contributed by atoms with Gasteiger partial charge in [-0.25, -0.2) is 13.2 Å². The van der Waals surface area contributed by atoms with Gasteiger partial charge in [0.25, 0.3) is 12.1 Å². The molecular formula is C13H6F3N2O4-. The summed E-state index contributed by atoms with van der Waals surface area (Å²) in [5, 5.41) is 21.7. The van der Waals surface area contributed by atoms with Crippen LogP contribution < -0.4 is 5.11 Å². The molecule has 0 spiro atoms. The van der Waals surface area contributed by atoms with E-state index in [1.54, 1.807) is 0 Å². The SMILES string of the molecule is O=C([O-])c1cc([N+](=O)[O-])cc(F)c1-c1ccc(C(F)F)nc1. The third kappa shape index (κ3) is 2.87. The topological polar surface area (TPSA) is 96.2 Å². The van der Waals surface area contributed by atoms with Crippen molar-refractivity contribution in [2.75, 3.05) is 0 Å². The molecule has 0 saturated heterocycles. The predicted octanol–water partition coefficient (Wildman–Crippen LogP) is 2.10. The van der Waals surface area contributed by atoms with Crippen LogP contribution in [-0.2, 0) is 0 Å². The number of aromatic carboxylic acids is 1. The minimum atomic E-state index is -2.84. The van der Waals surface area contributed by atoms with Gasteiger partial charge in [0, 0.05) is 29.0 Å². The second kappa shape index (κ2) is 5.80. The number of aromatic nitrogens is 1. The molecular weight excluding hydrogens is 305 g/mol. The fraction of sp³-hybridized carbons (Fsp3) is 0.0769. The maximum absolute atomic E-state index is 14.0. The summed E-state index contributed by atoms with van der Waals surface area (Å²) < 4.78 is 38.8. The van der Waals surface area contributed by atoms with Gasteiger partial charge in [0.05, 0.1) is 17.0 Å². The molecule has 1 aromatic heterocycles. The van der Waals surface area contributed by atoms with Crippen LogP contribution in [0.15, 0.2) is 30.5 Å². The van der Waals surface area contributed by atoms with Gasteiger partial charge in [-0.3, -0.25) is 15.1 Å². The van der Waals surface area contributed by atoms with Crippen molar-refractivity contribution in [1.82, 2.24) is 4.98 Å². The molecule has 2 rings (SSSR count). The van der Waals surface area contributed by atoms with Gasteiger partial charge in [0.2, 0.25) is 0 Å². The van der Waals surface area contributed by atoms with Crippen LogP contribution in [0.3, 0.4) is 0 Å². The van der Waals surface area contributed by atoms with Crippen molar-refractivity contribution < 1.29 is 28.0 Å². The van der Waals surface area contributed by atoms with E-state index < -0.39 is 45.6 Å². The minimum absolute atomic E-state index is 0.115. The van der Waals surface area contributed by atoms with Gasteiger partial charge in [0.15, 0.2) is 0 Å². The number of non-ortho nitro benzene ring substituents is 1. The van der Waals surface area contributed by atoms with Gasteiger partial charge in [-0.1, -0.05) is 6.07 Å². The fourth-order valence-corrected chi connectivity index (χ4v) is 1.83. The first-order valence-electron chi connectivity index (χ1n) is 5.75. The number of nitro groups is 1. The van der Waals surface area contributed by atoms with Crippen LogP contribution in [0.2, 0.25) is 0 Å². The molecule has 0 radical (unpaired) electrons. The number of hydrogen-bond acceptors (Lipinski definition) is 5. The second-order valence-corrected chi connectivity index (χ2v) is 4.17. The standard InChI is InChI=1S/C13H7F3N2O4/c14-9-4-7(18(21)22)3-8(13(19)20)11(9)6-1-2-10(12(15)16)17-5-6/h1-5,12H,(H,19,20)/p-1. The number of nitro benzene ring substituents is 1. The molecule has 0 unspecified atom stereocenters. The lowest BCUT2D eigenvalue weighted by Crippen LogP contribution is -2.23. The summed E-state index contributed by atoms with van der Waals surface area (Å²) >= 11 is 0. The second-order valence-electron chi connectivity index (χ2n) is 4.17. The van der Waals surface area contributed by atoms with E-state index in [9.17, 15) is 33.2 Å². The predicted molar refractivity (Wildman–Crippen MR) is 65.6 cm³/mol. The summed E-state index contributed by atoms with van der Waals surface area (Å²) in [5.74, 6) is -3.03. The van der Waals surface area contributed by atoms with Crippen molar-refractivity contribution >= 4 is 11.7 Å². The van der Waals surface area contributed by atoms with Crippen molar-refractivity contribution in [2.45, 2.75) is 6.43 Å². The molecule has 0 aliphatic carbocycles. The van der Waals surface area contributed by atoms with Gasteiger partial charge < -0.3 is 9.90 Å². The minimum Gasteiger partial charge on any atom is -0.545 e. The van der Waals surface area contributed by atoms with E-state index in [0.717, 1.165) is 18.3 Å². The summed E-state index contributed by atoms with van der Waals surface area (Å²) in [4.78, 5) is 24.1. The summed E-state index contributed by atoms with van der Waals surface area (Å²) in [6, 6.07) is 3.11. The molecule has 0 N–H and O–H groups in total. The van der Waals surface area contributed by atoms with E-state index in [2.05, 4.69) is 4.98 Å². The Hall–Kier alpha value is -2.97. The molecule has 0 amide bonds. The van der Waals surface area contributed by atoms with Crippen molar-refractivity contribution in [3.8, 4) is 11.1 Å². The lowest BCUT2D eigenvalue weighted by Gasteiger charge is -2.12. The first-order valence-corrected chi connectivity index (χ1v) is 5.75. The van der Waals surface area contributed by atoms with Gasteiger partial charge >= 0.3 is 0 Å². The number of rotatable bonds is 4. The molecule has 0 bridgehead atoms. The van der Waals surface area contributed by atoms with Crippen LogP contribution in [0.1, 0.15) is 22.5 Å². The number of carbonyl (C=O) groups is 1. The average molecular weight is 311 g/mol. The van der Waals surface area contributed by atoms with E-state index in [1.807, 2.05) is 0 Å². The van der Waals surface area contributed by atoms with E-state index in [0.29, 0.717) is 12.1 Å². The van der Waals surface area contributed by atoms with Gasteiger partial charge in [-0.15, -0.1) is 0 Å². The third-order valence-corrected chi connectivity index (χ3v) is 2.80. The Labute approximate surface area is 121 Å². The molecule has 0 aliphatic heterocycles. The normalized spacial score (nSPS) is 10.7. The molecule has 0 aliphatic rings. The third-order valence-electron chi connectivity index (χ3n) is 2.80. The number of carboxylic acids is 1. The van der Waals surface area contributed by atoms with Crippen molar-refractivity contribution in [1.29, 1.82) is 0 Å². The van der Waals surface area contributed by atoms with Crippen LogP contribution in [0, 0.1) is 15.9 Å². The maximum atomic E-state index is 14.0. The van der Waals surface area contributed by atoms with E-state index in [1.165, 1.54) is 0 Å². The first kappa shape index (κ1) is 15.4. The lowest BCUT2D eigenvalue weighted by molar-refractivity contribution is -0.385. The quantitative estimate of drug-likeness (QED) is 0.636. The number of benzene rings is 1. The highest BCUT2D eigenvalue weighted by atomic mass is 19.3. The Balaban J connectivity index is 2.63. The average Bonchev–Trinajstić information content (AvgIpc) is 2.46. The summed E-state index contributed by atoms with van der Waals surface area (Å²) in [5.41, 5.74) is -2.73. The van der Waals surface area contributed by atoms with E-state index >= 15 is 0 Å². The number of hydrogen-bond donors (Lipinski definition) is 0. The van der Waals surface area contributed by atoms with Gasteiger partial charge in [0.1, 0.15) is 11.5 Å². The van der Waals surface area contributed by atoms with Gasteiger partial charge in [-0.05, 0) is 6.07 Å². The molecule has 6 nitrogen and oxygen atoms in total. The van der Waals surface area contributed by atoms with Crippen molar-refractivity contribution in [3.63, 3.8) is 0 Å². The van der Waals surface area contributed by atoms with Crippen LogP contribution in [0.5, 0.6) is 0 Å². The van der Waals surface area contributed by atoms with Crippen LogP contribution in [-0.4, -0.2) is 15.9 Å².